The van der Waals surface area contributed by atoms with E-state index in [0.29, 0.717) is 11.5 Å². The molecule has 0 unspecified atom stereocenters. The number of aryl methyl sites for hydroxylation is 1. The van der Waals surface area contributed by atoms with Crippen molar-refractivity contribution in [1.29, 1.82) is 0 Å². The van der Waals surface area contributed by atoms with Crippen LogP contribution in [0.1, 0.15) is 11.5 Å². The molecular formula is C8H7ClO3. The predicted octanol–water partition coefficient (Wildman–Crippen LogP) is 2.25. The van der Waals surface area contributed by atoms with Crippen molar-refractivity contribution in [2.45, 2.75) is 6.92 Å². The van der Waals surface area contributed by atoms with Gasteiger partial charge in [0.1, 0.15) is 11.5 Å². The zero-order valence-electron chi connectivity index (χ0n) is 6.37. The maximum atomic E-state index is 10.2. The zero-order valence-corrected chi connectivity index (χ0v) is 7.13. The molecule has 64 valence electrons. The van der Waals surface area contributed by atoms with E-state index in [2.05, 4.69) is 0 Å². The van der Waals surface area contributed by atoms with E-state index in [0.717, 1.165) is 6.08 Å². The molecule has 0 aromatic carbocycles. The van der Waals surface area contributed by atoms with Gasteiger partial charge in [0.05, 0.1) is 5.03 Å². The summed E-state index contributed by atoms with van der Waals surface area (Å²) in [5, 5.41) is 8.44. The lowest BCUT2D eigenvalue weighted by Gasteiger charge is -1.90. The maximum Gasteiger partial charge on any atom is 0.329 e. The first kappa shape index (κ1) is 8.87. The molecule has 0 aliphatic carbocycles. The minimum absolute atomic E-state index is 0.0931. The van der Waals surface area contributed by atoms with Crippen molar-refractivity contribution in [3.05, 3.63) is 29.7 Å². The number of hydrogen-bond donors (Lipinski definition) is 1. The molecule has 0 saturated heterocycles. The molecule has 4 heteroatoms. The van der Waals surface area contributed by atoms with Gasteiger partial charge in [-0.05, 0) is 19.1 Å². The first-order chi connectivity index (χ1) is 5.59. The van der Waals surface area contributed by atoms with Crippen LogP contribution in [0, 0.1) is 6.92 Å². The topological polar surface area (TPSA) is 50.4 Å². The van der Waals surface area contributed by atoms with Gasteiger partial charge in [-0.15, -0.1) is 0 Å². The monoisotopic (exact) mass is 186 g/mol. The van der Waals surface area contributed by atoms with E-state index in [9.17, 15) is 4.79 Å². The van der Waals surface area contributed by atoms with Gasteiger partial charge in [-0.1, -0.05) is 11.6 Å². The molecule has 1 aromatic rings. The Kier molecular flexibility index (Phi) is 2.55. The summed E-state index contributed by atoms with van der Waals surface area (Å²) >= 11 is 5.60. The Labute approximate surface area is 74.3 Å². The molecule has 0 amide bonds. The number of halogens is 1. The van der Waals surface area contributed by atoms with Crippen LogP contribution < -0.4 is 0 Å². The largest absolute Gasteiger partial charge is 0.478 e. The number of carbonyl (C=O) groups is 1. The van der Waals surface area contributed by atoms with E-state index in [1.54, 1.807) is 19.1 Å². The highest BCUT2D eigenvalue weighted by atomic mass is 35.5. The van der Waals surface area contributed by atoms with E-state index in [1.807, 2.05) is 0 Å². The van der Waals surface area contributed by atoms with Crippen LogP contribution in [-0.4, -0.2) is 11.1 Å². The summed E-state index contributed by atoms with van der Waals surface area (Å²) in [5.41, 5.74) is 0. The van der Waals surface area contributed by atoms with E-state index in [-0.39, 0.29) is 5.03 Å². The SMILES string of the molecule is Cc1ccc(/C(Cl)=C/C(=O)O)o1. The summed E-state index contributed by atoms with van der Waals surface area (Å²) in [4.78, 5) is 10.2. The Balaban J connectivity index is 2.91. The molecule has 0 atom stereocenters. The molecule has 1 N–H and O–H groups in total. The van der Waals surface area contributed by atoms with Gasteiger partial charge >= 0.3 is 5.97 Å². The molecule has 1 aromatic heterocycles. The van der Waals surface area contributed by atoms with Crippen molar-refractivity contribution in [1.82, 2.24) is 0 Å². The highest BCUT2D eigenvalue weighted by Crippen LogP contribution is 2.20. The van der Waals surface area contributed by atoms with Crippen LogP contribution in [0.15, 0.2) is 22.6 Å². The summed E-state index contributed by atoms with van der Waals surface area (Å²) < 4.78 is 5.08. The lowest BCUT2D eigenvalue weighted by Crippen LogP contribution is -1.87. The van der Waals surface area contributed by atoms with Crippen LogP contribution in [0.5, 0.6) is 0 Å². The van der Waals surface area contributed by atoms with Crippen molar-refractivity contribution in [2.24, 2.45) is 0 Å². The Hall–Kier alpha value is -1.22. The number of furan rings is 1. The third-order valence-corrected chi connectivity index (χ3v) is 1.52. The van der Waals surface area contributed by atoms with Gasteiger partial charge in [0, 0.05) is 6.08 Å². The number of carboxylic acids is 1. The molecule has 0 spiro atoms. The van der Waals surface area contributed by atoms with Gasteiger partial charge < -0.3 is 9.52 Å². The molecular weight excluding hydrogens is 180 g/mol. The van der Waals surface area contributed by atoms with Crippen LogP contribution in [0.2, 0.25) is 0 Å². The minimum atomic E-state index is -1.09. The van der Waals surface area contributed by atoms with Crippen LogP contribution in [0.25, 0.3) is 5.03 Å². The van der Waals surface area contributed by atoms with Crippen molar-refractivity contribution in [3.63, 3.8) is 0 Å². The van der Waals surface area contributed by atoms with Gasteiger partial charge in [-0.2, -0.15) is 0 Å². The van der Waals surface area contributed by atoms with E-state index >= 15 is 0 Å². The molecule has 3 nitrogen and oxygen atoms in total. The van der Waals surface area contributed by atoms with E-state index < -0.39 is 5.97 Å². The number of aliphatic carboxylic acids is 1. The fraction of sp³-hybridized carbons (Fsp3) is 0.125. The number of carboxylic acid groups (broad SMARTS) is 1. The molecule has 1 rings (SSSR count). The van der Waals surface area contributed by atoms with Crippen molar-refractivity contribution in [3.8, 4) is 0 Å². The quantitative estimate of drug-likeness (QED) is 0.721. The summed E-state index contributed by atoms with van der Waals surface area (Å²) in [6, 6.07) is 3.34. The summed E-state index contributed by atoms with van der Waals surface area (Å²) in [6.45, 7) is 1.76. The van der Waals surface area contributed by atoms with Crippen LogP contribution in [0.3, 0.4) is 0 Å². The molecule has 0 saturated carbocycles. The third kappa shape index (κ3) is 2.13. The van der Waals surface area contributed by atoms with E-state index in [4.69, 9.17) is 21.1 Å². The van der Waals surface area contributed by atoms with Gasteiger partial charge in [-0.3, -0.25) is 0 Å². The second-order valence-corrected chi connectivity index (χ2v) is 2.65. The Bertz CT molecular complexity index is 325. The number of rotatable bonds is 2. The Morgan fingerprint density at radius 1 is 1.67 bits per heavy atom. The summed E-state index contributed by atoms with van der Waals surface area (Å²) in [7, 11) is 0. The lowest BCUT2D eigenvalue weighted by atomic mass is 10.4. The second kappa shape index (κ2) is 3.45. The van der Waals surface area contributed by atoms with Crippen molar-refractivity contribution in [2.75, 3.05) is 0 Å². The summed E-state index contributed by atoms with van der Waals surface area (Å²) in [5.74, 6) is -0.0208. The molecule has 0 bridgehead atoms. The highest BCUT2D eigenvalue weighted by Gasteiger charge is 2.04. The van der Waals surface area contributed by atoms with Crippen molar-refractivity contribution >= 4 is 22.6 Å². The van der Waals surface area contributed by atoms with Gasteiger partial charge in [-0.25, -0.2) is 4.79 Å². The standard InChI is InChI=1S/C8H7ClO3/c1-5-2-3-7(12-5)6(9)4-8(10)11/h2-4H,1H3,(H,10,11)/b6-4-. The van der Waals surface area contributed by atoms with Gasteiger partial charge in [0.15, 0.2) is 0 Å². The van der Waals surface area contributed by atoms with Crippen LogP contribution in [0.4, 0.5) is 0 Å². The highest BCUT2D eigenvalue weighted by molar-refractivity contribution is 6.49. The third-order valence-electron chi connectivity index (χ3n) is 1.23. The fourth-order valence-electron chi connectivity index (χ4n) is 0.742. The second-order valence-electron chi connectivity index (χ2n) is 2.24. The zero-order chi connectivity index (χ0) is 9.14. The molecule has 0 radical (unpaired) electrons. The average Bonchev–Trinajstić information content (AvgIpc) is 2.34. The lowest BCUT2D eigenvalue weighted by molar-refractivity contribution is -0.131. The minimum Gasteiger partial charge on any atom is -0.478 e. The Morgan fingerprint density at radius 3 is 2.75 bits per heavy atom. The average molecular weight is 187 g/mol. The molecule has 0 aliphatic rings. The first-order valence-corrected chi connectivity index (χ1v) is 3.64. The summed E-state index contributed by atoms with van der Waals surface area (Å²) in [6.07, 6.45) is 0.889. The maximum absolute atomic E-state index is 10.2. The molecule has 0 fully saturated rings. The van der Waals surface area contributed by atoms with Crippen LogP contribution >= 0.6 is 11.6 Å². The first-order valence-electron chi connectivity index (χ1n) is 3.26. The fourth-order valence-corrected chi connectivity index (χ4v) is 0.937. The normalized spacial score (nSPS) is 11.7. The van der Waals surface area contributed by atoms with Crippen LogP contribution in [-0.2, 0) is 4.79 Å². The van der Waals surface area contributed by atoms with E-state index in [1.165, 1.54) is 0 Å². The predicted molar refractivity (Wildman–Crippen MR) is 44.9 cm³/mol. The van der Waals surface area contributed by atoms with Gasteiger partial charge in [0.25, 0.3) is 0 Å². The molecule has 1 heterocycles. The molecule has 12 heavy (non-hydrogen) atoms. The smallest absolute Gasteiger partial charge is 0.329 e. The Morgan fingerprint density at radius 2 is 2.33 bits per heavy atom. The van der Waals surface area contributed by atoms with Crippen molar-refractivity contribution < 1.29 is 14.3 Å². The number of hydrogen-bond acceptors (Lipinski definition) is 2. The van der Waals surface area contributed by atoms with Gasteiger partial charge in [0.2, 0.25) is 0 Å². The molecule has 0 aliphatic heterocycles.